The fourth-order valence-corrected chi connectivity index (χ4v) is 0.233. The number of hydrogen-bond donors (Lipinski definition) is 2. The number of hydrogen-bond acceptors (Lipinski definition) is 3. The molecule has 0 aliphatic heterocycles. The second-order valence-corrected chi connectivity index (χ2v) is 1.16. The minimum atomic E-state index is 0.266. The van der Waals surface area contributed by atoms with Crippen LogP contribution in [0, 0.1) is 5.41 Å². The van der Waals surface area contributed by atoms with Gasteiger partial charge in [0.25, 0.3) is 0 Å². The Morgan fingerprint density at radius 1 is 1.86 bits per heavy atom. The summed E-state index contributed by atoms with van der Waals surface area (Å²) < 4.78 is 4.51. The first-order valence-corrected chi connectivity index (χ1v) is 2.07. The highest BCUT2D eigenvalue weighted by atomic mass is 16.5. The smallest absolute Gasteiger partial charge is 0.194 e. The highest BCUT2D eigenvalue weighted by molar-refractivity contribution is 5.74. The van der Waals surface area contributed by atoms with Crippen molar-refractivity contribution in [3.8, 4) is 0 Å². The molecule has 0 aliphatic rings. The van der Waals surface area contributed by atoms with Gasteiger partial charge in [0.2, 0.25) is 0 Å². The van der Waals surface area contributed by atoms with Gasteiger partial charge in [0.05, 0.1) is 13.7 Å². The Hall–Kier alpha value is -0.570. The van der Waals surface area contributed by atoms with Crippen molar-refractivity contribution in [1.82, 2.24) is 5.32 Å². The zero-order valence-electron chi connectivity index (χ0n) is 4.62. The van der Waals surface area contributed by atoms with Gasteiger partial charge in [-0.2, -0.15) is 0 Å². The molecule has 0 bridgehead atoms. The van der Waals surface area contributed by atoms with Crippen molar-refractivity contribution < 1.29 is 4.74 Å². The monoisotopic (exact) mass is 102 g/mol. The first-order chi connectivity index (χ1) is 3.31. The van der Waals surface area contributed by atoms with E-state index in [0.717, 1.165) is 0 Å². The molecule has 0 radical (unpaired) electrons. The first-order valence-electron chi connectivity index (χ1n) is 2.07. The Bertz CT molecular complexity index is 62.7. The molecule has 3 nitrogen and oxygen atoms in total. The standard InChI is InChI=1S/C4H10N2O/c1-6-3-4(5)7-2/h5-6H,3H2,1-2H3. The van der Waals surface area contributed by atoms with E-state index in [9.17, 15) is 0 Å². The molecule has 0 saturated heterocycles. The van der Waals surface area contributed by atoms with Crippen LogP contribution in [0.15, 0.2) is 0 Å². The van der Waals surface area contributed by atoms with Crippen LogP contribution in [0.1, 0.15) is 0 Å². The molecule has 0 unspecified atom stereocenters. The van der Waals surface area contributed by atoms with E-state index in [0.29, 0.717) is 6.54 Å². The summed E-state index contributed by atoms with van der Waals surface area (Å²) in [7, 11) is 3.26. The molecule has 3 heteroatoms. The Morgan fingerprint density at radius 3 is 2.57 bits per heavy atom. The molecule has 42 valence electrons. The van der Waals surface area contributed by atoms with Crippen LogP contribution < -0.4 is 5.32 Å². The van der Waals surface area contributed by atoms with Crippen LogP contribution in [0.4, 0.5) is 0 Å². The highest BCUT2D eigenvalue weighted by Crippen LogP contribution is 1.66. The van der Waals surface area contributed by atoms with Crippen molar-refractivity contribution in [2.24, 2.45) is 0 Å². The average Bonchev–Trinajstić information content (AvgIpc) is 1.68. The number of methoxy groups -OCH3 is 1. The van der Waals surface area contributed by atoms with E-state index in [1.54, 1.807) is 7.05 Å². The average molecular weight is 102 g/mol. The molecule has 0 saturated carbocycles. The normalized spacial score (nSPS) is 8.29. The van der Waals surface area contributed by atoms with Crippen LogP contribution in [0.25, 0.3) is 0 Å². The summed E-state index contributed by atoms with van der Waals surface area (Å²) in [6.07, 6.45) is 0. The molecule has 0 aromatic rings. The van der Waals surface area contributed by atoms with Crippen LogP contribution >= 0.6 is 0 Å². The molecule has 0 amide bonds. The van der Waals surface area contributed by atoms with E-state index in [1.807, 2.05) is 0 Å². The molecule has 7 heavy (non-hydrogen) atoms. The van der Waals surface area contributed by atoms with Gasteiger partial charge in [-0.25, -0.2) is 0 Å². The lowest BCUT2D eigenvalue weighted by Gasteiger charge is -1.97. The van der Waals surface area contributed by atoms with E-state index in [1.165, 1.54) is 7.11 Å². The quantitative estimate of drug-likeness (QED) is 0.375. The van der Waals surface area contributed by atoms with Crippen LogP contribution in [0.3, 0.4) is 0 Å². The third-order valence-electron chi connectivity index (χ3n) is 0.584. The van der Waals surface area contributed by atoms with Crippen LogP contribution in [0.2, 0.25) is 0 Å². The molecule has 0 aliphatic carbocycles. The maximum absolute atomic E-state index is 6.85. The fourth-order valence-electron chi connectivity index (χ4n) is 0.233. The zero-order valence-corrected chi connectivity index (χ0v) is 4.62. The van der Waals surface area contributed by atoms with E-state index in [-0.39, 0.29) is 5.90 Å². The molecular weight excluding hydrogens is 92.1 g/mol. The summed E-state index contributed by atoms with van der Waals surface area (Å²) >= 11 is 0. The summed E-state index contributed by atoms with van der Waals surface area (Å²) in [5.41, 5.74) is 0. The van der Waals surface area contributed by atoms with E-state index >= 15 is 0 Å². The topological polar surface area (TPSA) is 45.1 Å². The maximum Gasteiger partial charge on any atom is 0.194 e. The van der Waals surface area contributed by atoms with Gasteiger partial charge in [-0.1, -0.05) is 0 Å². The Labute approximate surface area is 43.2 Å². The molecule has 0 heterocycles. The highest BCUT2D eigenvalue weighted by Gasteiger charge is 1.85. The molecule has 0 aromatic heterocycles. The van der Waals surface area contributed by atoms with Gasteiger partial charge in [-0.05, 0) is 7.05 Å². The lowest BCUT2D eigenvalue weighted by molar-refractivity contribution is 0.388. The van der Waals surface area contributed by atoms with Crippen molar-refractivity contribution in [3.63, 3.8) is 0 Å². The lowest BCUT2D eigenvalue weighted by atomic mass is 10.6. The maximum atomic E-state index is 6.85. The molecular formula is C4H10N2O. The Balaban J connectivity index is 3.00. The van der Waals surface area contributed by atoms with Crippen LogP contribution in [-0.4, -0.2) is 26.6 Å². The van der Waals surface area contributed by atoms with Crippen molar-refractivity contribution >= 4 is 5.90 Å². The van der Waals surface area contributed by atoms with Gasteiger partial charge in [-0.3, -0.25) is 5.41 Å². The summed E-state index contributed by atoms with van der Waals surface area (Å²) in [4.78, 5) is 0. The Kier molecular flexibility index (Phi) is 3.32. The van der Waals surface area contributed by atoms with Gasteiger partial charge in [0.15, 0.2) is 5.90 Å². The summed E-state index contributed by atoms with van der Waals surface area (Å²) in [6.45, 7) is 0.510. The third-order valence-corrected chi connectivity index (χ3v) is 0.584. The molecule has 0 rings (SSSR count). The lowest BCUT2D eigenvalue weighted by Crippen LogP contribution is -2.18. The SMILES string of the molecule is CNCC(=N)OC. The predicted molar refractivity (Wildman–Crippen MR) is 28.7 cm³/mol. The van der Waals surface area contributed by atoms with Gasteiger partial charge >= 0.3 is 0 Å². The van der Waals surface area contributed by atoms with Crippen LogP contribution in [-0.2, 0) is 4.74 Å². The predicted octanol–water partition coefficient (Wildman–Crippen LogP) is -0.171. The van der Waals surface area contributed by atoms with Crippen molar-refractivity contribution in [2.75, 3.05) is 20.7 Å². The third kappa shape index (κ3) is 3.26. The van der Waals surface area contributed by atoms with Crippen molar-refractivity contribution in [2.45, 2.75) is 0 Å². The second kappa shape index (κ2) is 3.61. The van der Waals surface area contributed by atoms with Crippen molar-refractivity contribution in [1.29, 1.82) is 5.41 Å². The molecule has 0 spiro atoms. The molecule has 2 N–H and O–H groups in total. The number of likely N-dealkylation sites (N-methyl/N-ethyl adjacent to an activating group) is 1. The fraction of sp³-hybridized carbons (Fsp3) is 0.750. The second-order valence-electron chi connectivity index (χ2n) is 1.16. The molecule has 0 fully saturated rings. The minimum absolute atomic E-state index is 0.266. The first kappa shape index (κ1) is 6.43. The molecule has 0 atom stereocenters. The summed E-state index contributed by atoms with van der Waals surface area (Å²) in [5, 5.41) is 9.62. The van der Waals surface area contributed by atoms with E-state index in [4.69, 9.17) is 5.41 Å². The number of rotatable bonds is 2. The van der Waals surface area contributed by atoms with Crippen LogP contribution in [0.5, 0.6) is 0 Å². The zero-order chi connectivity index (χ0) is 5.70. The van der Waals surface area contributed by atoms with E-state index < -0.39 is 0 Å². The van der Waals surface area contributed by atoms with Crippen molar-refractivity contribution in [3.05, 3.63) is 0 Å². The largest absolute Gasteiger partial charge is 0.484 e. The number of nitrogens with one attached hydrogen (secondary N) is 2. The van der Waals surface area contributed by atoms with E-state index in [2.05, 4.69) is 10.1 Å². The van der Waals surface area contributed by atoms with Gasteiger partial charge in [-0.15, -0.1) is 0 Å². The van der Waals surface area contributed by atoms with Gasteiger partial charge in [0.1, 0.15) is 0 Å². The molecule has 0 aromatic carbocycles. The van der Waals surface area contributed by atoms with Gasteiger partial charge in [0, 0.05) is 0 Å². The summed E-state index contributed by atoms with van der Waals surface area (Å²) in [5.74, 6) is 0.266. The number of ether oxygens (including phenoxy) is 1. The van der Waals surface area contributed by atoms with Gasteiger partial charge < -0.3 is 10.1 Å². The minimum Gasteiger partial charge on any atom is -0.484 e. The Morgan fingerprint density at radius 2 is 2.43 bits per heavy atom. The summed E-state index contributed by atoms with van der Waals surface area (Å²) in [6, 6.07) is 0.